The first-order valence-electron chi connectivity index (χ1n) is 7.45. The summed E-state index contributed by atoms with van der Waals surface area (Å²) in [7, 11) is 1.83. The van der Waals surface area contributed by atoms with E-state index in [0.29, 0.717) is 16.7 Å². The van der Waals surface area contributed by atoms with Crippen molar-refractivity contribution in [2.24, 2.45) is 7.05 Å². The van der Waals surface area contributed by atoms with Crippen LogP contribution in [0.1, 0.15) is 15.9 Å². The molecule has 0 bridgehead atoms. The molecule has 128 valence electrons. The van der Waals surface area contributed by atoms with E-state index in [1.54, 1.807) is 47.6 Å². The van der Waals surface area contributed by atoms with Gasteiger partial charge in [0.05, 0.1) is 12.6 Å². The monoisotopic (exact) mass is 346 g/mol. The highest BCUT2D eigenvalue weighted by molar-refractivity contribution is 6.00. The van der Waals surface area contributed by atoms with E-state index in [1.165, 1.54) is 16.8 Å². The third-order valence-electron chi connectivity index (χ3n) is 3.67. The summed E-state index contributed by atoms with van der Waals surface area (Å²) >= 11 is 0. The minimum absolute atomic E-state index is 0.315. The molecule has 4 nitrogen and oxygen atoms in total. The second-order valence-corrected chi connectivity index (χ2v) is 5.58. The third kappa shape index (κ3) is 3.88. The van der Waals surface area contributed by atoms with Crippen LogP contribution in [0, 0.1) is 0 Å². The number of halogens is 3. The van der Waals surface area contributed by atoms with Crippen molar-refractivity contribution in [3.05, 3.63) is 78.4 Å². The van der Waals surface area contributed by atoms with Gasteiger partial charge in [0.15, 0.2) is 6.20 Å². The SMILES string of the molecule is C[n+]1ccn(NC(=O)c2cccc(-c3ccc(C(F)(F)F)cc3)c2)c1. The summed E-state index contributed by atoms with van der Waals surface area (Å²) in [6.45, 7) is 0. The Bertz CT molecular complexity index is 898. The predicted octanol–water partition coefficient (Wildman–Crippen LogP) is 3.38. The van der Waals surface area contributed by atoms with Crippen LogP contribution in [0.2, 0.25) is 0 Å². The molecule has 1 amide bonds. The third-order valence-corrected chi connectivity index (χ3v) is 3.67. The van der Waals surface area contributed by atoms with E-state index in [9.17, 15) is 18.0 Å². The number of carbonyl (C=O) groups excluding carboxylic acids is 1. The predicted molar refractivity (Wildman–Crippen MR) is 86.2 cm³/mol. The molecule has 0 radical (unpaired) electrons. The van der Waals surface area contributed by atoms with Crippen LogP contribution in [0.4, 0.5) is 13.2 Å². The summed E-state index contributed by atoms with van der Waals surface area (Å²) in [6.07, 6.45) is 0.793. The number of rotatable bonds is 3. The number of nitrogens with zero attached hydrogens (tertiary/aromatic N) is 2. The van der Waals surface area contributed by atoms with Crippen molar-refractivity contribution in [3.63, 3.8) is 0 Å². The van der Waals surface area contributed by atoms with Gasteiger partial charge in [-0.3, -0.25) is 4.79 Å². The van der Waals surface area contributed by atoms with Gasteiger partial charge >= 0.3 is 6.18 Å². The fourth-order valence-corrected chi connectivity index (χ4v) is 2.39. The van der Waals surface area contributed by atoms with Crippen LogP contribution in [0.3, 0.4) is 0 Å². The fourth-order valence-electron chi connectivity index (χ4n) is 2.39. The van der Waals surface area contributed by atoms with Gasteiger partial charge in [-0.05, 0) is 35.4 Å². The molecular formula is C18H15F3N3O+. The van der Waals surface area contributed by atoms with E-state index in [-0.39, 0.29) is 5.91 Å². The van der Waals surface area contributed by atoms with Crippen LogP contribution in [0.5, 0.6) is 0 Å². The van der Waals surface area contributed by atoms with Crippen LogP contribution in [-0.4, -0.2) is 10.6 Å². The first kappa shape index (κ1) is 16.8. The maximum atomic E-state index is 12.6. The Labute approximate surface area is 142 Å². The number of aryl methyl sites for hydroxylation is 1. The maximum absolute atomic E-state index is 12.6. The summed E-state index contributed by atoms with van der Waals surface area (Å²) < 4.78 is 41.2. The van der Waals surface area contributed by atoms with Crippen molar-refractivity contribution < 1.29 is 22.5 Å². The Morgan fingerprint density at radius 1 is 1.08 bits per heavy atom. The summed E-state index contributed by atoms with van der Waals surface area (Å²) in [6, 6.07) is 11.6. The number of imidazole rings is 1. The van der Waals surface area contributed by atoms with Crippen LogP contribution >= 0.6 is 0 Å². The normalized spacial score (nSPS) is 11.4. The molecule has 0 aliphatic heterocycles. The molecule has 1 aromatic heterocycles. The number of alkyl halides is 3. The molecule has 2 aromatic carbocycles. The zero-order valence-electron chi connectivity index (χ0n) is 13.3. The van der Waals surface area contributed by atoms with Gasteiger partial charge < -0.3 is 0 Å². The summed E-state index contributed by atoms with van der Waals surface area (Å²) in [5.41, 5.74) is 3.68. The highest BCUT2D eigenvalue weighted by atomic mass is 19.4. The zero-order chi connectivity index (χ0) is 18.0. The van der Waals surface area contributed by atoms with E-state index < -0.39 is 11.7 Å². The number of benzene rings is 2. The van der Waals surface area contributed by atoms with Gasteiger partial charge in [-0.15, -0.1) is 4.68 Å². The van der Waals surface area contributed by atoms with E-state index in [2.05, 4.69) is 5.43 Å². The first-order valence-corrected chi connectivity index (χ1v) is 7.45. The topological polar surface area (TPSA) is 37.9 Å². The van der Waals surface area contributed by atoms with Crippen molar-refractivity contribution in [1.29, 1.82) is 0 Å². The Hall–Kier alpha value is -3.09. The Morgan fingerprint density at radius 3 is 2.40 bits per heavy atom. The van der Waals surface area contributed by atoms with Gasteiger partial charge in [0.1, 0.15) is 6.20 Å². The number of nitrogens with one attached hydrogen (secondary N) is 1. The quantitative estimate of drug-likeness (QED) is 0.726. The second-order valence-electron chi connectivity index (χ2n) is 5.58. The molecule has 0 atom stereocenters. The summed E-state index contributed by atoms with van der Waals surface area (Å²) in [4.78, 5) is 12.3. The average Bonchev–Trinajstić information content (AvgIpc) is 2.99. The van der Waals surface area contributed by atoms with E-state index in [0.717, 1.165) is 12.1 Å². The fraction of sp³-hybridized carbons (Fsp3) is 0.111. The lowest BCUT2D eigenvalue weighted by atomic mass is 10.0. The highest BCUT2D eigenvalue weighted by Gasteiger charge is 2.29. The molecule has 1 heterocycles. The van der Waals surface area contributed by atoms with Gasteiger partial charge in [0, 0.05) is 5.56 Å². The lowest BCUT2D eigenvalue weighted by Gasteiger charge is -2.08. The van der Waals surface area contributed by atoms with Crippen LogP contribution in [0.25, 0.3) is 11.1 Å². The molecule has 0 fully saturated rings. The largest absolute Gasteiger partial charge is 0.416 e. The van der Waals surface area contributed by atoms with Crippen molar-refractivity contribution >= 4 is 5.91 Å². The summed E-state index contributed by atoms with van der Waals surface area (Å²) in [5.74, 6) is -0.315. The molecule has 0 saturated carbocycles. The van der Waals surface area contributed by atoms with Crippen molar-refractivity contribution in [2.45, 2.75) is 6.18 Å². The molecule has 0 spiro atoms. The molecule has 0 saturated heterocycles. The van der Waals surface area contributed by atoms with Gasteiger partial charge in [-0.1, -0.05) is 24.3 Å². The minimum Gasteiger partial charge on any atom is -0.266 e. The highest BCUT2D eigenvalue weighted by Crippen LogP contribution is 2.31. The number of hydrogen-bond donors (Lipinski definition) is 1. The van der Waals surface area contributed by atoms with Crippen molar-refractivity contribution in [3.8, 4) is 11.1 Å². The number of aromatic nitrogens is 2. The molecule has 0 unspecified atom stereocenters. The van der Waals surface area contributed by atoms with Crippen LogP contribution < -0.4 is 9.99 Å². The van der Waals surface area contributed by atoms with E-state index in [4.69, 9.17) is 0 Å². The average molecular weight is 346 g/mol. The van der Waals surface area contributed by atoms with Crippen LogP contribution in [-0.2, 0) is 13.2 Å². The standard InChI is InChI=1S/C18H14F3N3O/c1-23-9-10-24(12-23)22-17(25)15-4-2-3-14(11-15)13-5-7-16(8-6-13)18(19,20)21/h2-12H,1H3/p+1. The molecule has 7 heteroatoms. The number of amides is 1. The second kappa shape index (κ2) is 6.43. The van der Waals surface area contributed by atoms with Crippen molar-refractivity contribution in [1.82, 2.24) is 4.68 Å². The first-order chi connectivity index (χ1) is 11.8. The van der Waals surface area contributed by atoms with Crippen LogP contribution in [0.15, 0.2) is 67.3 Å². The molecule has 0 aliphatic carbocycles. The van der Waals surface area contributed by atoms with E-state index >= 15 is 0 Å². The minimum atomic E-state index is -4.37. The molecule has 0 aliphatic rings. The molecular weight excluding hydrogens is 331 g/mol. The number of hydrogen-bond acceptors (Lipinski definition) is 1. The van der Waals surface area contributed by atoms with Gasteiger partial charge in [-0.25, -0.2) is 4.57 Å². The Balaban J connectivity index is 1.82. The van der Waals surface area contributed by atoms with Gasteiger partial charge in [0.25, 0.3) is 12.2 Å². The molecule has 1 N–H and O–H groups in total. The van der Waals surface area contributed by atoms with Gasteiger partial charge in [0.2, 0.25) is 0 Å². The van der Waals surface area contributed by atoms with Crippen molar-refractivity contribution in [2.75, 3.05) is 5.43 Å². The lowest BCUT2D eigenvalue weighted by molar-refractivity contribution is -0.670. The smallest absolute Gasteiger partial charge is 0.266 e. The Morgan fingerprint density at radius 2 is 1.80 bits per heavy atom. The maximum Gasteiger partial charge on any atom is 0.416 e. The molecule has 3 rings (SSSR count). The Kier molecular flexibility index (Phi) is 4.31. The van der Waals surface area contributed by atoms with E-state index in [1.807, 2.05) is 7.05 Å². The molecule has 3 aromatic rings. The number of carbonyl (C=O) groups is 1. The zero-order valence-corrected chi connectivity index (χ0v) is 13.3. The summed E-state index contributed by atoms with van der Waals surface area (Å²) in [5, 5.41) is 0. The lowest BCUT2D eigenvalue weighted by Crippen LogP contribution is -2.27. The molecule has 25 heavy (non-hydrogen) atoms. The van der Waals surface area contributed by atoms with Gasteiger partial charge in [-0.2, -0.15) is 18.6 Å².